The van der Waals surface area contributed by atoms with Crippen LogP contribution in [0.2, 0.25) is 0 Å². The molecule has 0 saturated heterocycles. The number of ether oxygens (including phenoxy) is 3. The van der Waals surface area contributed by atoms with Gasteiger partial charge in [0, 0.05) is 19.3 Å². The van der Waals surface area contributed by atoms with Gasteiger partial charge in [0.2, 0.25) is 0 Å². The summed E-state index contributed by atoms with van der Waals surface area (Å²) in [5.41, 5.74) is 0. The lowest BCUT2D eigenvalue weighted by atomic mass is 10.0. The van der Waals surface area contributed by atoms with Gasteiger partial charge in [0.15, 0.2) is 6.10 Å². The minimum Gasteiger partial charge on any atom is -0.462 e. The summed E-state index contributed by atoms with van der Waals surface area (Å²) >= 11 is 0. The Balaban J connectivity index is 4.30. The molecule has 0 aromatic carbocycles. The fourth-order valence-corrected chi connectivity index (χ4v) is 8.04. The smallest absolute Gasteiger partial charge is 0.306 e. The largest absolute Gasteiger partial charge is 0.462 e. The molecule has 1 atom stereocenters. The lowest BCUT2D eigenvalue weighted by Crippen LogP contribution is -2.30. The lowest BCUT2D eigenvalue weighted by molar-refractivity contribution is -0.167. The Kier molecular flexibility index (Phi) is 46.2. The first-order chi connectivity index (χ1) is 28.9. The van der Waals surface area contributed by atoms with Crippen molar-refractivity contribution in [3.8, 4) is 0 Å². The van der Waals surface area contributed by atoms with E-state index in [0.717, 1.165) is 63.7 Å². The summed E-state index contributed by atoms with van der Waals surface area (Å²) in [5.74, 6) is -0.0479. The molecule has 0 saturated carbocycles. The number of carbonyl (C=O) groups is 3. The first kappa shape index (κ1) is 57.4. The minimum atomic E-state index is -0.761. The van der Waals surface area contributed by atoms with E-state index >= 15 is 0 Å². The van der Waals surface area contributed by atoms with Gasteiger partial charge in [0.25, 0.3) is 0 Å². The first-order valence-corrected chi connectivity index (χ1v) is 26.4. The summed E-state index contributed by atoms with van der Waals surface area (Å²) in [7, 11) is 0. The second kappa shape index (κ2) is 47.5. The highest BCUT2D eigenvalue weighted by molar-refractivity contribution is 5.71. The molecule has 0 aromatic heterocycles. The van der Waals surface area contributed by atoms with Crippen LogP contribution in [-0.4, -0.2) is 37.2 Å². The molecule has 0 N–H and O–H groups in total. The van der Waals surface area contributed by atoms with E-state index in [1.165, 1.54) is 193 Å². The third kappa shape index (κ3) is 47.3. The van der Waals surface area contributed by atoms with Crippen LogP contribution in [0.5, 0.6) is 0 Å². The molecule has 6 nitrogen and oxygen atoms in total. The zero-order chi connectivity index (χ0) is 43.1. The number of carbonyl (C=O) groups excluding carboxylic acids is 3. The molecule has 0 bridgehead atoms. The minimum absolute atomic E-state index is 0.0629. The molecular formula is C53H102O6. The van der Waals surface area contributed by atoms with Crippen molar-refractivity contribution in [3.63, 3.8) is 0 Å². The van der Waals surface area contributed by atoms with Crippen molar-refractivity contribution in [3.05, 3.63) is 0 Å². The van der Waals surface area contributed by atoms with Gasteiger partial charge in [-0.2, -0.15) is 0 Å². The van der Waals surface area contributed by atoms with Gasteiger partial charge in [-0.05, 0) is 25.2 Å². The summed E-state index contributed by atoms with van der Waals surface area (Å²) in [4.78, 5) is 37.9. The van der Waals surface area contributed by atoms with Crippen LogP contribution in [0.15, 0.2) is 0 Å². The normalized spacial score (nSPS) is 11.9. The fourth-order valence-electron chi connectivity index (χ4n) is 8.04. The predicted molar refractivity (Wildman–Crippen MR) is 252 cm³/mol. The van der Waals surface area contributed by atoms with Gasteiger partial charge in [-0.1, -0.05) is 259 Å². The van der Waals surface area contributed by atoms with Crippen molar-refractivity contribution in [2.75, 3.05) is 13.2 Å². The number of rotatable bonds is 48. The van der Waals surface area contributed by atoms with Crippen LogP contribution in [0.25, 0.3) is 0 Å². The van der Waals surface area contributed by atoms with Gasteiger partial charge >= 0.3 is 17.9 Å². The van der Waals surface area contributed by atoms with Gasteiger partial charge < -0.3 is 14.2 Å². The van der Waals surface area contributed by atoms with E-state index in [1.807, 2.05) is 0 Å². The molecule has 0 spiro atoms. The Morgan fingerprint density at radius 3 is 0.831 bits per heavy atom. The monoisotopic (exact) mass is 835 g/mol. The fraction of sp³-hybridized carbons (Fsp3) is 0.943. The molecule has 0 fully saturated rings. The maximum atomic E-state index is 12.8. The zero-order valence-electron chi connectivity index (χ0n) is 40.2. The number of hydrogen-bond donors (Lipinski definition) is 0. The van der Waals surface area contributed by atoms with Gasteiger partial charge in [0.1, 0.15) is 13.2 Å². The number of hydrogen-bond acceptors (Lipinski definition) is 6. The van der Waals surface area contributed by atoms with Crippen molar-refractivity contribution >= 4 is 17.9 Å². The van der Waals surface area contributed by atoms with Crippen molar-refractivity contribution in [2.24, 2.45) is 5.92 Å². The maximum absolute atomic E-state index is 12.8. The van der Waals surface area contributed by atoms with E-state index in [-0.39, 0.29) is 31.1 Å². The maximum Gasteiger partial charge on any atom is 0.306 e. The molecule has 0 aliphatic heterocycles. The van der Waals surface area contributed by atoms with Crippen molar-refractivity contribution in [1.29, 1.82) is 0 Å². The van der Waals surface area contributed by atoms with E-state index < -0.39 is 6.10 Å². The average Bonchev–Trinajstić information content (AvgIpc) is 3.22. The lowest BCUT2D eigenvalue weighted by Gasteiger charge is -2.18. The summed E-state index contributed by atoms with van der Waals surface area (Å²) in [6.07, 6.45) is 49.5. The third-order valence-corrected chi connectivity index (χ3v) is 12.0. The number of esters is 3. The Hall–Kier alpha value is -1.59. The van der Waals surface area contributed by atoms with Crippen molar-refractivity contribution < 1.29 is 28.6 Å². The highest BCUT2D eigenvalue weighted by Crippen LogP contribution is 2.17. The van der Waals surface area contributed by atoms with Crippen LogP contribution in [0, 0.1) is 5.92 Å². The number of unbranched alkanes of at least 4 members (excludes halogenated alkanes) is 35. The molecule has 0 aromatic rings. The standard InChI is InChI=1S/C53H102O6/c1-5-7-9-11-13-15-17-19-21-22-24-26-28-34-38-42-46-53(56)59-50(48-58-52(55)45-41-37-33-30-29-31-35-39-43-49(3)4)47-57-51(54)44-40-36-32-27-25-23-20-18-16-14-12-10-8-6-2/h49-50H,5-48H2,1-4H3/t50-/m0/s1. The predicted octanol–water partition coefficient (Wildman–Crippen LogP) is 17.1. The quantitative estimate of drug-likeness (QED) is 0.0345. The second-order valence-corrected chi connectivity index (χ2v) is 18.6. The van der Waals surface area contributed by atoms with E-state index in [1.54, 1.807) is 0 Å². The molecule has 350 valence electrons. The molecule has 6 heteroatoms. The molecule has 59 heavy (non-hydrogen) atoms. The van der Waals surface area contributed by atoms with E-state index in [4.69, 9.17) is 14.2 Å². The van der Waals surface area contributed by atoms with E-state index in [2.05, 4.69) is 27.7 Å². The summed E-state index contributed by atoms with van der Waals surface area (Å²) < 4.78 is 16.8. The highest BCUT2D eigenvalue weighted by Gasteiger charge is 2.19. The summed E-state index contributed by atoms with van der Waals surface area (Å²) in [6.45, 7) is 9.00. The Morgan fingerprint density at radius 1 is 0.322 bits per heavy atom. The highest BCUT2D eigenvalue weighted by atomic mass is 16.6. The molecule has 0 heterocycles. The van der Waals surface area contributed by atoms with Crippen molar-refractivity contribution in [1.82, 2.24) is 0 Å². The van der Waals surface area contributed by atoms with E-state index in [0.29, 0.717) is 19.3 Å². The Morgan fingerprint density at radius 2 is 0.559 bits per heavy atom. The topological polar surface area (TPSA) is 78.9 Å². The SMILES string of the molecule is CCCCCCCCCCCCCCCCCCC(=O)O[C@@H](COC(=O)CCCCCCCCCCCCCCCC)COC(=O)CCCCCCCCCCC(C)C. The zero-order valence-corrected chi connectivity index (χ0v) is 40.2. The Bertz CT molecular complexity index is 887. The van der Waals surface area contributed by atoms with Gasteiger partial charge in [-0.15, -0.1) is 0 Å². The molecule has 0 aliphatic carbocycles. The average molecular weight is 835 g/mol. The van der Waals surface area contributed by atoms with Crippen LogP contribution in [0.4, 0.5) is 0 Å². The molecule has 0 amide bonds. The third-order valence-electron chi connectivity index (χ3n) is 12.0. The van der Waals surface area contributed by atoms with E-state index in [9.17, 15) is 14.4 Å². The molecule has 0 aliphatic rings. The summed E-state index contributed by atoms with van der Waals surface area (Å²) in [5, 5.41) is 0. The van der Waals surface area contributed by atoms with Crippen LogP contribution >= 0.6 is 0 Å². The van der Waals surface area contributed by atoms with Crippen LogP contribution < -0.4 is 0 Å². The van der Waals surface area contributed by atoms with Crippen LogP contribution in [-0.2, 0) is 28.6 Å². The van der Waals surface area contributed by atoms with Gasteiger partial charge in [-0.3, -0.25) is 14.4 Å². The second-order valence-electron chi connectivity index (χ2n) is 18.6. The van der Waals surface area contributed by atoms with Crippen LogP contribution in [0.1, 0.15) is 297 Å². The molecule has 0 rings (SSSR count). The molecule has 0 radical (unpaired) electrons. The van der Waals surface area contributed by atoms with Crippen LogP contribution in [0.3, 0.4) is 0 Å². The first-order valence-electron chi connectivity index (χ1n) is 26.4. The van der Waals surface area contributed by atoms with Gasteiger partial charge in [-0.25, -0.2) is 0 Å². The summed E-state index contributed by atoms with van der Waals surface area (Å²) in [6, 6.07) is 0. The molecular weight excluding hydrogens is 733 g/mol. The molecule has 0 unspecified atom stereocenters. The van der Waals surface area contributed by atoms with Gasteiger partial charge in [0.05, 0.1) is 0 Å². The van der Waals surface area contributed by atoms with Crippen molar-refractivity contribution in [2.45, 2.75) is 303 Å². The Labute approximate surface area is 368 Å².